The van der Waals surface area contributed by atoms with Gasteiger partial charge in [0.2, 0.25) is 5.88 Å². The summed E-state index contributed by atoms with van der Waals surface area (Å²) in [5, 5.41) is 6.77. The van der Waals surface area contributed by atoms with E-state index in [9.17, 15) is 9.59 Å². The van der Waals surface area contributed by atoms with Gasteiger partial charge < -0.3 is 8.94 Å². The monoisotopic (exact) mass is 270 g/mol. The SMILES string of the molecule is Cc1cc(NC(=O)c2cc3ccccc3oc2=O)on1. The number of carbonyl (C=O) groups is 1. The van der Waals surface area contributed by atoms with Crippen molar-refractivity contribution in [3.8, 4) is 0 Å². The second-order valence-electron chi connectivity index (χ2n) is 4.27. The van der Waals surface area contributed by atoms with E-state index in [0.717, 1.165) is 0 Å². The minimum absolute atomic E-state index is 0.0854. The molecule has 0 aliphatic heterocycles. The Balaban J connectivity index is 1.98. The summed E-state index contributed by atoms with van der Waals surface area (Å²) < 4.78 is 9.96. The molecule has 100 valence electrons. The second kappa shape index (κ2) is 4.65. The molecule has 1 aromatic carbocycles. The van der Waals surface area contributed by atoms with E-state index < -0.39 is 11.5 Å². The first-order valence-corrected chi connectivity index (χ1v) is 5.91. The fourth-order valence-electron chi connectivity index (χ4n) is 1.82. The summed E-state index contributed by atoms with van der Waals surface area (Å²) in [7, 11) is 0. The molecule has 0 saturated carbocycles. The number of hydrogen-bond acceptors (Lipinski definition) is 5. The molecule has 6 heteroatoms. The molecule has 20 heavy (non-hydrogen) atoms. The topological polar surface area (TPSA) is 85.3 Å². The van der Waals surface area contributed by atoms with Crippen molar-refractivity contribution in [3.63, 3.8) is 0 Å². The second-order valence-corrected chi connectivity index (χ2v) is 4.27. The van der Waals surface area contributed by atoms with E-state index in [1.54, 1.807) is 37.3 Å². The number of hydrogen-bond donors (Lipinski definition) is 1. The number of amides is 1. The van der Waals surface area contributed by atoms with Crippen LogP contribution in [-0.2, 0) is 0 Å². The van der Waals surface area contributed by atoms with Crippen molar-refractivity contribution in [2.75, 3.05) is 5.32 Å². The maximum absolute atomic E-state index is 12.0. The maximum atomic E-state index is 12.0. The average molecular weight is 270 g/mol. The third-order valence-electron chi connectivity index (χ3n) is 2.75. The number of nitrogens with one attached hydrogen (secondary N) is 1. The van der Waals surface area contributed by atoms with Crippen LogP contribution in [0.4, 0.5) is 5.88 Å². The van der Waals surface area contributed by atoms with E-state index >= 15 is 0 Å². The molecule has 0 bridgehead atoms. The number of aromatic nitrogens is 1. The Bertz CT molecular complexity index is 848. The summed E-state index contributed by atoms with van der Waals surface area (Å²) in [4.78, 5) is 23.8. The van der Waals surface area contributed by atoms with Crippen molar-refractivity contribution in [2.24, 2.45) is 0 Å². The van der Waals surface area contributed by atoms with Crippen molar-refractivity contribution in [2.45, 2.75) is 6.92 Å². The van der Waals surface area contributed by atoms with Crippen LogP contribution >= 0.6 is 0 Å². The first-order valence-electron chi connectivity index (χ1n) is 5.91. The van der Waals surface area contributed by atoms with Gasteiger partial charge in [-0.3, -0.25) is 10.1 Å². The molecule has 1 amide bonds. The quantitative estimate of drug-likeness (QED) is 0.722. The number of nitrogens with zero attached hydrogens (tertiary/aromatic N) is 1. The van der Waals surface area contributed by atoms with Crippen LogP contribution in [0.5, 0.6) is 0 Å². The minimum atomic E-state index is -0.697. The Hall–Kier alpha value is -2.89. The minimum Gasteiger partial charge on any atom is -0.422 e. The molecule has 3 rings (SSSR count). The van der Waals surface area contributed by atoms with E-state index in [-0.39, 0.29) is 11.4 Å². The number of fused-ring (bicyclic) bond motifs is 1. The van der Waals surface area contributed by atoms with Gasteiger partial charge in [-0.05, 0) is 19.1 Å². The summed E-state index contributed by atoms with van der Waals surface area (Å²) in [5.74, 6) is -0.416. The van der Waals surface area contributed by atoms with E-state index in [2.05, 4.69) is 10.5 Å². The molecule has 0 radical (unpaired) electrons. The number of carbonyl (C=O) groups excluding carboxylic acids is 1. The van der Waals surface area contributed by atoms with Crippen LogP contribution in [0.2, 0.25) is 0 Å². The number of anilines is 1. The lowest BCUT2D eigenvalue weighted by molar-refractivity contribution is 0.102. The summed E-state index contributed by atoms with van der Waals surface area (Å²) in [6.07, 6.45) is 0. The molecule has 6 nitrogen and oxygen atoms in total. The Kier molecular flexibility index (Phi) is 2.83. The number of aryl methyl sites for hydroxylation is 1. The number of benzene rings is 1. The smallest absolute Gasteiger partial charge is 0.349 e. The van der Waals surface area contributed by atoms with Gasteiger partial charge in [-0.15, -0.1) is 0 Å². The first-order chi connectivity index (χ1) is 9.63. The Morgan fingerprint density at radius 3 is 2.80 bits per heavy atom. The average Bonchev–Trinajstić information content (AvgIpc) is 2.83. The molecule has 0 atom stereocenters. The van der Waals surface area contributed by atoms with Crippen LogP contribution in [0.1, 0.15) is 16.1 Å². The van der Waals surface area contributed by atoms with Crippen molar-refractivity contribution in [1.29, 1.82) is 0 Å². The fourth-order valence-corrected chi connectivity index (χ4v) is 1.82. The van der Waals surface area contributed by atoms with Gasteiger partial charge in [-0.2, -0.15) is 0 Å². The molecule has 0 unspecified atom stereocenters. The molecule has 0 saturated heterocycles. The predicted octanol–water partition coefficient (Wildman–Crippen LogP) is 2.34. The molecule has 1 N–H and O–H groups in total. The van der Waals surface area contributed by atoms with Gasteiger partial charge in [-0.25, -0.2) is 4.79 Å². The lowest BCUT2D eigenvalue weighted by Gasteiger charge is -2.01. The summed E-state index contributed by atoms with van der Waals surface area (Å²) >= 11 is 0. The molecule has 2 heterocycles. The molecule has 0 fully saturated rings. The van der Waals surface area contributed by atoms with Crippen LogP contribution in [0.25, 0.3) is 11.0 Å². The first kappa shape index (κ1) is 12.2. The summed E-state index contributed by atoms with van der Waals surface area (Å²) in [6, 6.07) is 10.0. The van der Waals surface area contributed by atoms with Gasteiger partial charge in [0.05, 0.1) is 5.69 Å². The van der Waals surface area contributed by atoms with Gasteiger partial charge in [0.15, 0.2) is 0 Å². The third kappa shape index (κ3) is 2.18. The largest absolute Gasteiger partial charge is 0.422 e. The Morgan fingerprint density at radius 1 is 1.25 bits per heavy atom. The zero-order chi connectivity index (χ0) is 14.1. The number of para-hydroxylation sites is 1. The Labute approximate surface area is 113 Å². The molecule has 3 aromatic rings. The molecule has 2 aromatic heterocycles. The predicted molar refractivity (Wildman–Crippen MR) is 71.7 cm³/mol. The van der Waals surface area contributed by atoms with Gasteiger partial charge in [-0.1, -0.05) is 23.4 Å². The van der Waals surface area contributed by atoms with Crippen LogP contribution < -0.4 is 10.9 Å². The zero-order valence-electron chi connectivity index (χ0n) is 10.5. The Morgan fingerprint density at radius 2 is 2.05 bits per heavy atom. The van der Waals surface area contributed by atoms with Crippen molar-refractivity contribution in [3.05, 3.63) is 58.1 Å². The summed E-state index contributed by atoms with van der Waals surface area (Å²) in [6.45, 7) is 1.73. The van der Waals surface area contributed by atoms with E-state index in [0.29, 0.717) is 16.7 Å². The zero-order valence-corrected chi connectivity index (χ0v) is 10.5. The highest BCUT2D eigenvalue weighted by molar-refractivity contribution is 6.04. The van der Waals surface area contributed by atoms with Gasteiger partial charge in [0, 0.05) is 11.5 Å². The normalized spacial score (nSPS) is 10.7. The molecule has 0 aliphatic rings. The highest BCUT2D eigenvalue weighted by Crippen LogP contribution is 2.14. The lowest BCUT2D eigenvalue weighted by atomic mass is 10.2. The van der Waals surface area contributed by atoms with Crippen molar-refractivity contribution in [1.82, 2.24) is 5.16 Å². The molecule has 0 spiro atoms. The lowest BCUT2D eigenvalue weighted by Crippen LogP contribution is -2.20. The van der Waals surface area contributed by atoms with Crippen LogP contribution in [0, 0.1) is 6.92 Å². The van der Waals surface area contributed by atoms with Gasteiger partial charge in [0.1, 0.15) is 11.1 Å². The summed E-state index contributed by atoms with van der Waals surface area (Å²) in [5.41, 5.74) is 0.283. The molecule has 0 aliphatic carbocycles. The maximum Gasteiger partial charge on any atom is 0.349 e. The van der Waals surface area contributed by atoms with Crippen molar-refractivity contribution < 1.29 is 13.7 Å². The van der Waals surface area contributed by atoms with Crippen LogP contribution in [-0.4, -0.2) is 11.1 Å². The molecular formula is C14H10N2O4. The van der Waals surface area contributed by atoms with E-state index in [4.69, 9.17) is 8.94 Å². The van der Waals surface area contributed by atoms with E-state index in [1.165, 1.54) is 6.07 Å². The van der Waals surface area contributed by atoms with Crippen LogP contribution in [0.3, 0.4) is 0 Å². The van der Waals surface area contributed by atoms with Gasteiger partial charge >= 0.3 is 5.63 Å². The van der Waals surface area contributed by atoms with E-state index in [1.807, 2.05) is 0 Å². The highest BCUT2D eigenvalue weighted by Gasteiger charge is 2.15. The van der Waals surface area contributed by atoms with Crippen LogP contribution in [0.15, 0.2) is 50.1 Å². The van der Waals surface area contributed by atoms with Crippen molar-refractivity contribution >= 4 is 22.8 Å². The number of rotatable bonds is 2. The fraction of sp³-hybridized carbons (Fsp3) is 0.0714. The molecular weight excluding hydrogens is 260 g/mol. The standard InChI is InChI=1S/C14H10N2O4/c1-8-6-12(20-16-8)15-13(17)10-7-9-4-2-3-5-11(9)19-14(10)18/h2-7H,1H3,(H,15,17). The highest BCUT2D eigenvalue weighted by atomic mass is 16.5. The third-order valence-corrected chi connectivity index (χ3v) is 2.75. The van der Waals surface area contributed by atoms with Gasteiger partial charge in [0.25, 0.3) is 5.91 Å².